The van der Waals surface area contributed by atoms with Crippen LogP contribution in [0, 0.1) is 0 Å². The Morgan fingerprint density at radius 2 is 1.88 bits per heavy atom. The minimum absolute atomic E-state index is 0. The highest BCUT2D eigenvalue weighted by Gasteiger charge is 2.51. The first kappa shape index (κ1) is 18.3. The van der Waals surface area contributed by atoms with Gasteiger partial charge < -0.3 is 10.2 Å². The Hall–Kier alpha value is -0.480. The molecule has 24 heavy (non-hydrogen) atoms. The number of amides is 1. The van der Waals surface area contributed by atoms with Crippen molar-refractivity contribution in [1.29, 1.82) is 0 Å². The summed E-state index contributed by atoms with van der Waals surface area (Å²) >= 11 is 12.3. The van der Waals surface area contributed by atoms with Gasteiger partial charge in [-0.15, -0.1) is 12.4 Å². The van der Waals surface area contributed by atoms with E-state index in [2.05, 4.69) is 10.2 Å². The van der Waals surface area contributed by atoms with E-state index in [1.54, 1.807) is 0 Å². The van der Waals surface area contributed by atoms with E-state index in [9.17, 15) is 4.79 Å². The molecule has 2 unspecified atom stereocenters. The lowest BCUT2D eigenvalue weighted by molar-refractivity contribution is -0.143. The monoisotopic (exact) mass is 388 g/mol. The summed E-state index contributed by atoms with van der Waals surface area (Å²) in [5.41, 5.74) is 0.666. The smallest absolute Gasteiger partial charge is 0.233 e. The number of benzene rings is 1. The molecule has 1 aliphatic carbocycles. The van der Waals surface area contributed by atoms with Gasteiger partial charge in [-0.2, -0.15) is 0 Å². The zero-order valence-corrected chi connectivity index (χ0v) is 15.9. The van der Waals surface area contributed by atoms with Crippen molar-refractivity contribution in [2.45, 2.75) is 56.0 Å². The van der Waals surface area contributed by atoms with Crippen LogP contribution in [0.1, 0.15) is 44.1 Å². The first-order valence-corrected chi connectivity index (χ1v) is 9.36. The molecule has 3 fully saturated rings. The van der Waals surface area contributed by atoms with Crippen LogP contribution in [0.2, 0.25) is 10.0 Å². The topological polar surface area (TPSA) is 32.3 Å². The molecular formula is C18H23Cl3N2O. The van der Waals surface area contributed by atoms with Crippen molar-refractivity contribution in [2.75, 3.05) is 13.1 Å². The Bertz CT molecular complexity index is 619. The highest BCUT2D eigenvalue weighted by molar-refractivity contribution is 6.42. The van der Waals surface area contributed by atoms with E-state index in [0.29, 0.717) is 28.0 Å². The van der Waals surface area contributed by atoms with E-state index in [-0.39, 0.29) is 17.8 Å². The quantitative estimate of drug-likeness (QED) is 0.822. The molecule has 0 spiro atoms. The molecule has 2 atom stereocenters. The molecule has 1 aromatic carbocycles. The highest BCUT2D eigenvalue weighted by atomic mass is 35.5. The van der Waals surface area contributed by atoms with Crippen molar-refractivity contribution in [1.82, 2.24) is 10.2 Å². The molecule has 2 saturated heterocycles. The maximum atomic E-state index is 13.5. The number of carbonyl (C=O) groups excluding carboxylic acids is 1. The van der Waals surface area contributed by atoms with E-state index >= 15 is 0 Å². The predicted octanol–water partition coefficient (Wildman–Crippen LogP) is 4.19. The third-order valence-corrected chi connectivity index (χ3v) is 6.72. The molecule has 2 bridgehead atoms. The van der Waals surface area contributed by atoms with Gasteiger partial charge >= 0.3 is 0 Å². The molecule has 0 aromatic heterocycles. The van der Waals surface area contributed by atoms with Crippen LogP contribution in [-0.2, 0) is 10.2 Å². The van der Waals surface area contributed by atoms with Crippen LogP contribution in [0.3, 0.4) is 0 Å². The van der Waals surface area contributed by atoms with Crippen LogP contribution in [0.4, 0.5) is 0 Å². The van der Waals surface area contributed by atoms with E-state index < -0.39 is 0 Å². The standard InChI is InChI=1S/C18H22Cl2N2O.ClH/c19-15-5-2-12(10-16(15)20)18(7-1-8-18)17(23)22-13-3-4-14(22)11-21-9-6-13;/h2,5,10,13-14,21H,1,3-4,6-9,11H2;1H. The van der Waals surface area contributed by atoms with Crippen LogP contribution < -0.4 is 5.32 Å². The normalized spacial score (nSPS) is 27.8. The molecule has 2 heterocycles. The number of fused-ring (bicyclic) bond motifs is 2. The minimum atomic E-state index is -0.376. The maximum absolute atomic E-state index is 13.5. The van der Waals surface area contributed by atoms with Crippen LogP contribution in [0.5, 0.6) is 0 Å². The lowest BCUT2D eigenvalue weighted by atomic mass is 9.63. The molecule has 0 radical (unpaired) electrons. The van der Waals surface area contributed by atoms with Crippen LogP contribution in [0.15, 0.2) is 18.2 Å². The molecule has 3 aliphatic rings. The van der Waals surface area contributed by atoms with Crippen molar-refractivity contribution < 1.29 is 4.79 Å². The molecule has 132 valence electrons. The first-order valence-electron chi connectivity index (χ1n) is 8.61. The van der Waals surface area contributed by atoms with E-state index in [1.807, 2.05) is 18.2 Å². The third kappa shape index (κ3) is 2.84. The Morgan fingerprint density at radius 3 is 2.54 bits per heavy atom. The van der Waals surface area contributed by atoms with E-state index in [1.165, 1.54) is 0 Å². The Morgan fingerprint density at radius 1 is 1.12 bits per heavy atom. The lowest BCUT2D eigenvalue weighted by Gasteiger charge is -2.45. The number of hydrogen-bond acceptors (Lipinski definition) is 2. The third-order valence-electron chi connectivity index (χ3n) is 5.98. The summed E-state index contributed by atoms with van der Waals surface area (Å²) in [5.74, 6) is 0.318. The van der Waals surface area contributed by atoms with Crippen molar-refractivity contribution in [2.24, 2.45) is 0 Å². The second-order valence-corrected chi connectivity index (χ2v) is 7.97. The van der Waals surface area contributed by atoms with Gasteiger partial charge in [0, 0.05) is 18.6 Å². The average molecular weight is 390 g/mol. The Kier molecular flexibility index (Phi) is 5.36. The van der Waals surface area contributed by atoms with Gasteiger partial charge in [-0.1, -0.05) is 35.7 Å². The summed E-state index contributed by atoms with van der Waals surface area (Å²) in [7, 11) is 0. The Labute approximate surface area is 159 Å². The van der Waals surface area contributed by atoms with Crippen LogP contribution in [0.25, 0.3) is 0 Å². The molecule has 1 aromatic rings. The van der Waals surface area contributed by atoms with Gasteiger partial charge in [0.1, 0.15) is 0 Å². The summed E-state index contributed by atoms with van der Waals surface area (Å²) in [5, 5.41) is 4.57. The Balaban J connectivity index is 0.00000169. The molecule has 4 rings (SSSR count). The van der Waals surface area contributed by atoms with Gasteiger partial charge in [0.25, 0.3) is 0 Å². The fourth-order valence-corrected chi connectivity index (χ4v) is 4.81. The van der Waals surface area contributed by atoms with Gasteiger partial charge in [0.2, 0.25) is 5.91 Å². The predicted molar refractivity (Wildman–Crippen MR) is 100 cm³/mol. The van der Waals surface area contributed by atoms with Gasteiger partial charge in [0.15, 0.2) is 0 Å². The molecule has 3 nitrogen and oxygen atoms in total. The fourth-order valence-electron chi connectivity index (χ4n) is 4.51. The van der Waals surface area contributed by atoms with Crippen LogP contribution >= 0.6 is 35.6 Å². The molecule has 1 N–H and O–H groups in total. The average Bonchev–Trinajstić information content (AvgIpc) is 2.74. The molecule has 6 heteroatoms. The number of hydrogen-bond donors (Lipinski definition) is 1. The summed E-state index contributed by atoms with van der Waals surface area (Å²) in [6, 6.07) is 6.48. The zero-order valence-electron chi connectivity index (χ0n) is 13.6. The second kappa shape index (κ2) is 7.03. The summed E-state index contributed by atoms with van der Waals surface area (Å²) in [6.07, 6.45) is 6.30. The van der Waals surface area contributed by atoms with Crippen molar-refractivity contribution in [3.05, 3.63) is 33.8 Å². The molecular weight excluding hydrogens is 367 g/mol. The largest absolute Gasteiger partial charge is 0.335 e. The van der Waals surface area contributed by atoms with Gasteiger partial charge in [0.05, 0.1) is 15.5 Å². The van der Waals surface area contributed by atoms with Gasteiger partial charge in [-0.25, -0.2) is 0 Å². The second-order valence-electron chi connectivity index (χ2n) is 7.15. The zero-order chi connectivity index (χ0) is 16.0. The summed E-state index contributed by atoms with van der Waals surface area (Å²) in [6.45, 7) is 1.95. The van der Waals surface area contributed by atoms with Crippen LogP contribution in [-0.4, -0.2) is 36.0 Å². The lowest BCUT2D eigenvalue weighted by Crippen LogP contribution is -2.55. The maximum Gasteiger partial charge on any atom is 0.233 e. The number of nitrogens with zero attached hydrogens (tertiary/aromatic N) is 1. The number of nitrogens with one attached hydrogen (secondary N) is 1. The van der Waals surface area contributed by atoms with Crippen molar-refractivity contribution in [3.63, 3.8) is 0 Å². The molecule has 2 aliphatic heterocycles. The first-order chi connectivity index (χ1) is 11.1. The van der Waals surface area contributed by atoms with Crippen molar-refractivity contribution >= 4 is 41.5 Å². The van der Waals surface area contributed by atoms with Crippen molar-refractivity contribution in [3.8, 4) is 0 Å². The molecule has 1 amide bonds. The highest BCUT2D eigenvalue weighted by Crippen LogP contribution is 2.48. The number of rotatable bonds is 2. The number of halogens is 3. The summed E-state index contributed by atoms with van der Waals surface area (Å²) in [4.78, 5) is 15.7. The van der Waals surface area contributed by atoms with Gasteiger partial charge in [-0.3, -0.25) is 4.79 Å². The van der Waals surface area contributed by atoms with Gasteiger partial charge in [-0.05, 0) is 56.3 Å². The van der Waals surface area contributed by atoms with E-state index in [4.69, 9.17) is 23.2 Å². The SMILES string of the molecule is Cl.O=C(N1C2CCNCC1CC2)C1(c2ccc(Cl)c(Cl)c2)CCC1. The fraction of sp³-hybridized carbons (Fsp3) is 0.611. The molecule has 1 saturated carbocycles. The summed E-state index contributed by atoms with van der Waals surface area (Å²) < 4.78 is 0. The minimum Gasteiger partial charge on any atom is -0.335 e. The number of carbonyl (C=O) groups is 1. The van der Waals surface area contributed by atoms with E-state index in [0.717, 1.165) is 57.2 Å².